The van der Waals surface area contributed by atoms with Crippen LogP contribution in [0.2, 0.25) is 0 Å². The molecule has 0 amide bonds. The Morgan fingerprint density at radius 2 is 2.00 bits per heavy atom. The third-order valence-electron chi connectivity index (χ3n) is 4.90. The van der Waals surface area contributed by atoms with Crippen LogP contribution < -0.4 is 21.1 Å². The van der Waals surface area contributed by atoms with Crippen LogP contribution in [-0.4, -0.2) is 18.7 Å². The molecule has 0 aromatic heterocycles. The quantitative estimate of drug-likeness (QED) is 0.713. The molecule has 2 aromatic carbocycles. The zero-order chi connectivity index (χ0) is 18.4. The van der Waals surface area contributed by atoms with E-state index in [4.69, 9.17) is 10.5 Å². The molecule has 1 aliphatic rings. The normalized spacial score (nSPS) is 20.3. The molecule has 0 aliphatic carbocycles. The summed E-state index contributed by atoms with van der Waals surface area (Å²) in [6.07, 6.45) is 2.52. The summed E-state index contributed by atoms with van der Waals surface area (Å²) in [5.41, 5.74) is 9.50. The highest BCUT2D eigenvalue weighted by Gasteiger charge is 2.25. The second-order valence-electron chi connectivity index (χ2n) is 7.28. The van der Waals surface area contributed by atoms with Crippen molar-refractivity contribution < 1.29 is 4.74 Å². The lowest BCUT2D eigenvalue weighted by atomic mass is 9.92. The van der Waals surface area contributed by atoms with Gasteiger partial charge in [0.25, 0.3) is 0 Å². The van der Waals surface area contributed by atoms with Gasteiger partial charge in [0.1, 0.15) is 5.75 Å². The highest BCUT2D eigenvalue weighted by molar-refractivity contribution is 5.37. The van der Waals surface area contributed by atoms with Crippen LogP contribution in [-0.2, 0) is 13.1 Å². The predicted octanol–water partition coefficient (Wildman–Crippen LogP) is 3.52. The van der Waals surface area contributed by atoms with Gasteiger partial charge in [-0.1, -0.05) is 36.4 Å². The van der Waals surface area contributed by atoms with Gasteiger partial charge in [-0.3, -0.25) is 0 Å². The van der Waals surface area contributed by atoms with Crippen LogP contribution in [0.15, 0.2) is 48.5 Å². The number of rotatable bonds is 7. The van der Waals surface area contributed by atoms with E-state index in [0.29, 0.717) is 18.6 Å². The van der Waals surface area contributed by atoms with E-state index in [-0.39, 0.29) is 6.10 Å². The summed E-state index contributed by atoms with van der Waals surface area (Å²) >= 11 is 0. The van der Waals surface area contributed by atoms with Crippen molar-refractivity contribution in [3.05, 3.63) is 65.2 Å². The highest BCUT2D eigenvalue weighted by Crippen LogP contribution is 2.26. The van der Waals surface area contributed by atoms with Crippen molar-refractivity contribution in [1.29, 1.82) is 0 Å². The van der Waals surface area contributed by atoms with Gasteiger partial charge in [-0.15, -0.1) is 0 Å². The molecule has 1 aliphatic heterocycles. The monoisotopic (exact) mass is 353 g/mol. The summed E-state index contributed by atoms with van der Waals surface area (Å²) in [5.74, 6) is 0.949. The lowest BCUT2D eigenvalue weighted by Gasteiger charge is -2.34. The van der Waals surface area contributed by atoms with Crippen molar-refractivity contribution in [2.45, 2.75) is 58.0 Å². The van der Waals surface area contributed by atoms with Crippen LogP contribution in [0, 0.1) is 0 Å². The zero-order valence-electron chi connectivity index (χ0n) is 15.9. The molecule has 0 spiro atoms. The molecular formula is C22H31N3O. The first-order valence-electron chi connectivity index (χ1n) is 9.67. The minimum Gasteiger partial charge on any atom is -0.491 e. The highest BCUT2D eigenvalue weighted by atomic mass is 16.5. The number of benzene rings is 2. The molecule has 3 rings (SSSR count). The van der Waals surface area contributed by atoms with Gasteiger partial charge in [0.15, 0.2) is 0 Å². The molecule has 4 nitrogen and oxygen atoms in total. The van der Waals surface area contributed by atoms with E-state index < -0.39 is 0 Å². The minimum absolute atomic E-state index is 0.158. The summed E-state index contributed by atoms with van der Waals surface area (Å²) < 4.78 is 6.00. The topological polar surface area (TPSA) is 59.3 Å². The van der Waals surface area contributed by atoms with Crippen molar-refractivity contribution in [1.82, 2.24) is 10.6 Å². The number of nitrogens with two attached hydrogens (primary N) is 1. The average molecular weight is 354 g/mol. The minimum atomic E-state index is 0.158. The molecule has 0 radical (unpaired) electrons. The molecule has 4 N–H and O–H groups in total. The van der Waals surface area contributed by atoms with E-state index in [1.165, 1.54) is 24.0 Å². The SMILES string of the molecule is CC(C)Oc1ccc(CN)cc1CN[C@H]1CCCN[C@H]1c1ccccc1. The molecule has 0 unspecified atom stereocenters. The van der Waals surface area contributed by atoms with Gasteiger partial charge in [0.2, 0.25) is 0 Å². The van der Waals surface area contributed by atoms with Gasteiger partial charge in [-0.2, -0.15) is 0 Å². The maximum atomic E-state index is 6.00. The lowest BCUT2D eigenvalue weighted by Crippen LogP contribution is -2.45. The smallest absolute Gasteiger partial charge is 0.124 e. The van der Waals surface area contributed by atoms with Gasteiger partial charge in [0.05, 0.1) is 6.10 Å². The first-order valence-corrected chi connectivity index (χ1v) is 9.67. The largest absolute Gasteiger partial charge is 0.491 e. The Bertz CT molecular complexity index is 687. The van der Waals surface area contributed by atoms with Crippen LogP contribution in [0.1, 0.15) is 49.4 Å². The van der Waals surface area contributed by atoms with Gasteiger partial charge in [-0.05, 0) is 56.5 Å². The average Bonchev–Trinajstić information content (AvgIpc) is 2.67. The second-order valence-corrected chi connectivity index (χ2v) is 7.28. The first kappa shape index (κ1) is 18.9. The Kier molecular flexibility index (Phi) is 6.67. The Balaban J connectivity index is 1.74. The number of hydrogen-bond donors (Lipinski definition) is 3. The standard InChI is InChI=1S/C22H31N3O/c1-16(2)26-21-11-10-17(14-23)13-19(21)15-25-20-9-6-12-24-22(20)18-7-4-3-5-8-18/h3-5,7-8,10-11,13,16,20,22,24-25H,6,9,12,14-15,23H2,1-2H3/t20-,22-/m0/s1. The molecule has 0 saturated carbocycles. The first-order chi connectivity index (χ1) is 12.7. The third kappa shape index (κ3) is 4.85. The number of piperidine rings is 1. The molecular weight excluding hydrogens is 322 g/mol. The van der Waals surface area contributed by atoms with E-state index in [1.54, 1.807) is 0 Å². The van der Waals surface area contributed by atoms with Gasteiger partial charge in [-0.25, -0.2) is 0 Å². The summed E-state index contributed by atoms with van der Waals surface area (Å²) in [6.45, 7) is 6.52. The molecule has 4 heteroatoms. The van der Waals surface area contributed by atoms with Crippen molar-refractivity contribution in [2.75, 3.05) is 6.54 Å². The van der Waals surface area contributed by atoms with E-state index in [1.807, 2.05) is 6.07 Å². The fourth-order valence-corrected chi connectivity index (χ4v) is 3.63. The fourth-order valence-electron chi connectivity index (χ4n) is 3.63. The molecule has 140 valence electrons. The molecule has 26 heavy (non-hydrogen) atoms. The number of ether oxygens (including phenoxy) is 1. The van der Waals surface area contributed by atoms with Crippen LogP contribution in [0.5, 0.6) is 5.75 Å². The van der Waals surface area contributed by atoms with Crippen LogP contribution in [0.4, 0.5) is 0 Å². The van der Waals surface area contributed by atoms with Crippen LogP contribution in [0.3, 0.4) is 0 Å². The maximum absolute atomic E-state index is 6.00. The molecule has 2 aromatic rings. The Morgan fingerprint density at radius 1 is 1.19 bits per heavy atom. The summed E-state index contributed by atoms with van der Waals surface area (Å²) in [6, 6.07) is 17.7. The second kappa shape index (κ2) is 9.17. The van der Waals surface area contributed by atoms with Crippen LogP contribution >= 0.6 is 0 Å². The zero-order valence-corrected chi connectivity index (χ0v) is 15.9. The van der Waals surface area contributed by atoms with Crippen LogP contribution in [0.25, 0.3) is 0 Å². The summed E-state index contributed by atoms with van der Waals surface area (Å²) in [7, 11) is 0. The Hall–Kier alpha value is -1.88. The number of nitrogens with one attached hydrogen (secondary N) is 2. The van der Waals surface area contributed by atoms with Crippen molar-refractivity contribution in [3.8, 4) is 5.75 Å². The molecule has 2 atom stereocenters. The molecule has 1 saturated heterocycles. The predicted molar refractivity (Wildman–Crippen MR) is 107 cm³/mol. The Morgan fingerprint density at radius 3 is 2.73 bits per heavy atom. The molecule has 1 heterocycles. The van der Waals surface area contributed by atoms with Gasteiger partial charge >= 0.3 is 0 Å². The summed E-state index contributed by atoms with van der Waals surface area (Å²) in [4.78, 5) is 0. The van der Waals surface area contributed by atoms with E-state index in [2.05, 4.69) is 66.9 Å². The van der Waals surface area contributed by atoms with E-state index in [9.17, 15) is 0 Å². The van der Waals surface area contributed by atoms with Crippen molar-refractivity contribution in [3.63, 3.8) is 0 Å². The molecule has 0 bridgehead atoms. The van der Waals surface area contributed by atoms with E-state index >= 15 is 0 Å². The molecule has 1 fully saturated rings. The number of hydrogen-bond acceptors (Lipinski definition) is 4. The van der Waals surface area contributed by atoms with Gasteiger partial charge in [0, 0.05) is 30.7 Å². The maximum Gasteiger partial charge on any atom is 0.124 e. The van der Waals surface area contributed by atoms with Crippen molar-refractivity contribution in [2.24, 2.45) is 5.73 Å². The fraction of sp³-hybridized carbons (Fsp3) is 0.455. The van der Waals surface area contributed by atoms with Gasteiger partial charge < -0.3 is 21.1 Å². The Labute approximate surface area is 157 Å². The third-order valence-corrected chi connectivity index (χ3v) is 4.90. The summed E-state index contributed by atoms with van der Waals surface area (Å²) in [5, 5.41) is 7.45. The van der Waals surface area contributed by atoms with Crippen molar-refractivity contribution >= 4 is 0 Å². The lowest BCUT2D eigenvalue weighted by molar-refractivity contribution is 0.238. The van der Waals surface area contributed by atoms with E-state index in [0.717, 1.165) is 24.4 Å².